The highest BCUT2D eigenvalue weighted by Crippen LogP contribution is 2.43. The van der Waals surface area contributed by atoms with Crippen molar-refractivity contribution in [3.05, 3.63) is 93.3 Å². The number of ketones is 1. The van der Waals surface area contributed by atoms with E-state index in [1.165, 1.54) is 11.3 Å². The van der Waals surface area contributed by atoms with Crippen molar-refractivity contribution >= 4 is 39.7 Å². The number of aromatic amines is 1. The molecule has 1 atom stereocenters. The number of nitrogens with one attached hydrogen (secondary N) is 1. The van der Waals surface area contributed by atoms with Crippen LogP contribution in [0.25, 0.3) is 16.7 Å². The number of para-hydroxylation sites is 1. The Hall–Kier alpha value is -3.84. The number of amides is 1. The van der Waals surface area contributed by atoms with Crippen molar-refractivity contribution in [1.29, 1.82) is 0 Å². The highest BCUT2D eigenvalue weighted by Gasteiger charge is 2.46. The summed E-state index contributed by atoms with van der Waals surface area (Å²) in [5, 5.41) is 14.5. The number of hydrogen-bond donors (Lipinski definition) is 2. The molecular formula is C30H30N2O4S. The van der Waals surface area contributed by atoms with Crippen molar-refractivity contribution in [2.75, 3.05) is 13.2 Å². The molecule has 0 spiro atoms. The number of aliphatic hydroxyl groups excluding tert-OH is 1. The smallest absolute Gasteiger partial charge is 0.295 e. The molecular weight excluding hydrogens is 484 g/mol. The van der Waals surface area contributed by atoms with Gasteiger partial charge < -0.3 is 19.7 Å². The van der Waals surface area contributed by atoms with Crippen LogP contribution >= 0.6 is 11.3 Å². The Labute approximate surface area is 220 Å². The van der Waals surface area contributed by atoms with E-state index in [1.807, 2.05) is 54.9 Å². The fraction of sp³-hybridized carbons (Fsp3) is 0.267. The van der Waals surface area contributed by atoms with E-state index < -0.39 is 17.7 Å². The molecule has 1 saturated heterocycles. The zero-order valence-corrected chi connectivity index (χ0v) is 22.0. The number of aryl methyl sites for hydroxylation is 1. The highest BCUT2D eigenvalue weighted by atomic mass is 32.1. The van der Waals surface area contributed by atoms with Crippen molar-refractivity contribution < 1.29 is 19.4 Å². The molecule has 1 fully saturated rings. The van der Waals surface area contributed by atoms with Gasteiger partial charge in [-0.05, 0) is 60.0 Å². The van der Waals surface area contributed by atoms with Gasteiger partial charge in [0.15, 0.2) is 0 Å². The Morgan fingerprint density at radius 3 is 2.70 bits per heavy atom. The normalized spacial score (nSPS) is 17.3. The van der Waals surface area contributed by atoms with Crippen LogP contribution in [0.3, 0.4) is 0 Å². The first-order valence-electron chi connectivity index (χ1n) is 12.5. The number of fused-ring (bicyclic) bond motifs is 1. The first-order valence-corrected chi connectivity index (χ1v) is 13.3. The number of aromatic nitrogens is 1. The predicted molar refractivity (Wildman–Crippen MR) is 147 cm³/mol. The zero-order valence-electron chi connectivity index (χ0n) is 21.2. The van der Waals surface area contributed by atoms with Crippen LogP contribution < -0.4 is 4.74 Å². The number of ether oxygens (including phenoxy) is 1. The van der Waals surface area contributed by atoms with Gasteiger partial charge >= 0.3 is 0 Å². The minimum atomic E-state index is -0.664. The quantitative estimate of drug-likeness (QED) is 0.166. The van der Waals surface area contributed by atoms with Crippen LogP contribution in [0.5, 0.6) is 5.75 Å². The van der Waals surface area contributed by atoms with Gasteiger partial charge in [-0.3, -0.25) is 9.59 Å². The lowest BCUT2D eigenvalue weighted by Gasteiger charge is -2.25. The van der Waals surface area contributed by atoms with Gasteiger partial charge in [-0.25, -0.2) is 0 Å². The molecule has 4 aromatic rings. The number of H-pyrrole nitrogens is 1. The van der Waals surface area contributed by atoms with Crippen molar-refractivity contribution in [2.45, 2.75) is 33.2 Å². The van der Waals surface area contributed by atoms with E-state index in [4.69, 9.17) is 4.74 Å². The lowest BCUT2D eigenvalue weighted by Crippen LogP contribution is -2.31. The first kappa shape index (κ1) is 24.8. The Kier molecular flexibility index (Phi) is 6.89. The van der Waals surface area contributed by atoms with E-state index in [2.05, 4.69) is 18.8 Å². The summed E-state index contributed by atoms with van der Waals surface area (Å²) < 4.78 is 5.83. The molecule has 3 heterocycles. The van der Waals surface area contributed by atoms with Gasteiger partial charge in [-0.2, -0.15) is 0 Å². The number of thiophene rings is 1. The van der Waals surface area contributed by atoms with Crippen LogP contribution in [0.2, 0.25) is 0 Å². The van der Waals surface area contributed by atoms with Gasteiger partial charge in [0.25, 0.3) is 11.7 Å². The summed E-state index contributed by atoms with van der Waals surface area (Å²) in [7, 11) is 0. The topological polar surface area (TPSA) is 82.6 Å². The Morgan fingerprint density at radius 2 is 1.95 bits per heavy atom. The van der Waals surface area contributed by atoms with Gasteiger partial charge in [0, 0.05) is 34.1 Å². The fourth-order valence-corrected chi connectivity index (χ4v) is 5.83. The molecule has 0 saturated carbocycles. The second-order valence-electron chi connectivity index (χ2n) is 9.80. The molecule has 190 valence electrons. The van der Waals surface area contributed by atoms with Gasteiger partial charge in [-0.1, -0.05) is 44.2 Å². The van der Waals surface area contributed by atoms with Crippen molar-refractivity contribution in [3.63, 3.8) is 0 Å². The molecule has 7 heteroatoms. The van der Waals surface area contributed by atoms with Crippen molar-refractivity contribution in [1.82, 2.24) is 9.88 Å². The third-order valence-electron chi connectivity index (χ3n) is 6.68. The standard InChI is InChI=1S/C30H30N2O4S/c1-18(2)17-36-22-8-6-7-20(15-22)27(33)25-26(29-19(3)12-14-37-29)32(30(35)28(25)34)13-11-21-16-31-24-10-5-4-9-23(21)24/h4-10,12,14-16,18,26,31,33H,11,13,17H2,1-3H3/b27-25-. The van der Waals surface area contributed by atoms with Gasteiger partial charge in [-0.15, -0.1) is 11.3 Å². The number of nitrogens with zero attached hydrogens (tertiary/aromatic N) is 1. The van der Waals surface area contributed by atoms with E-state index in [1.54, 1.807) is 23.1 Å². The number of aliphatic hydroxyl groups is 1. The summed E-state index contributed by atoms with van der Waals surface area (Å²) in [6.07, 6.45) is 2.53. The van der Waals surface area contributed by atoms with Crippen molar-refractivity contribution in [2.24, 2.45) is 5.92 Å². The molecule has 5 rings (SSSR count). The SMILES string of the molecule is Cc1ccsc1C1/C(=C(/O)c2cccc(OCC(C)C)c2)C(=O)C(=O)N1CCc1c[nH]c2ccccc12. The molecule has 1 amide bonds. The molecule has 6 nitrogen and oxygen atoms in total. The maximum atomic E-state index is 13.4. The molecule has 2 N–H and O–H groups in total. The Bertz CT molecular complexity index is 1500. The largest absolute Gasteiger partial charge is 0.507 e. The number of benzene rings is 2. The molecule has 1 unspecified atom stereocenters. The zero-order chi connectivity index (χ0) is 26.1. The number of hydrogen-bond acceptors (Lipinski definition) is 5. The molecule has 0 bridgehead atoms. The molecule has 0 radical (unpaired) electrons. The van der Waals surface area contributed by atoms with Crippen LogP contribution in [-0.2, 0) is 16.0 Å². The molecule has 1 aliphatic heterocycles. The number of Topliss-reactive ketones (excluding diaryl/α,β-unsaturated/α-hetero) is 1. The average Bonchev–Trinajstić information content (AvgIpc) is 3.57. The summed E-state index contributed by atoms with van der Waals surface area (Å²) in [5.74, 6) is -0.480. The molecule has 2 aromatic heterocycles. The van der Waals surface area contributed by atoms with E-state index in [0.717, 1.165) is 26.9 Å². The van der Waals surface area contributed by atoms with E-state index in [9.17, 15) is 14.7 Å². The van der Waals surface area contributed by atoms with Crippen LogP contribution in [-0.4, -0.2) is 39.8 Å². The minimum absolute atomic E-state index is 0.121. The summed E-state index contributed by atoms with van der Waals surface area (Å²) in [6.45, 7) is 6.97. The second-order valence-corrected chi connectivity index (χ2v) is 10.8. The maximum Gasteiger partial charge on any atom is 0.295 e. The summed E-state index contributed by atoms with van der Waals surface area (Å²) in [4.78, 5) is 32.5. The molecule has 2 aromatic carbocycles. The summed E-state index contributed by atoms with van der Waals surface area (Å²) >= 11 is 1.49. The van der Waals surface area contributed by atoms with E-state index in [0.29, 0.717) is 36.8 Å². The molecule has 37 heavy (non-hydrogen) atoms. The fourth-order valence-electron chi connectivity index (χ4n) is 4.78. The van der Waals surface area contributed by atoms with Crippen LogP contribution in [0.1, 0.15) is 41.5 Å². The van der Waals surface area contributed by atoms with Gasteiger partial charge in [0.2, 0.25) is 0 Å². The van der Waals surface area contributed by atoms with E-state index in [-0.39, 0.29) is 11.3 Å². The molecule has 0 aliphatic carbocycles. The number of likely N-dealkylation sites (tertiary alicyclic amines) is 1. The summed E-state index contributed by atoms with van der Waals surface area (Å²) in [6, 6.07) is 16.4. The monoisotopic (exact) mass is 514 g/mol. The van der Waals surface area contributed by atoms with Gasteiger partial charge in [0.1, 0.15) is 11.5 Å². The maximum absolute atomic E-state index is 13.4. The number of rotatable bonds is 8. The lowest BCUT2D eigenvalue weighted by atomic mass is 9.98. The Morgan fingerprint density at radius 1 is 1.14 bits per heavy atom. The average molecular weight is 515 g/mol. The van der Waals surface area contributed by atoms with E-state index >= 15 is 0 Å². The van der Waals surface area contributed by atoms with Crippen LogP contribution in [0, 0.1) is 12.8 Å². The van der Waals surface area contributed by atoms with Crippen LogP contribution in [0.4, 0.5) is 0 Å². The minimum Gasteiger partial charge on any atom is -0.507 e. The third-order valence-corrected chi connectivity index (χ3v) is 7.75. The predicted octanol–water partition coefficient (Wildman–Crippen LogP) is 6.24. The highest BCUT2D eigenvalue weighted by molar-refractivity contribution is 7.10. The van der Waals surface area contributed by atoms with Crippen molar-refractivity contribution in [3.8, 4) is 5.75 Å². The van der Waals surface area contributed by atoms with Gasteiger partial charge in [0.05, 0.1) is 18.2 Å². The second kappa shape index (κ2) is 10.3. The number of carbonyl (C=O) groups excluding carboxylic acids is 2. The Balaban J connectivity index is 1.52. The number of carbonyl (C=O) groups is 2. The van der Waals surface area contributed by atoms with Crippen LogP contribution in [0.15, 0.2) is 71.7 Å². The first-order chi connectivity index (χ1) is 17.8. The third kappa shape index (κ3) is 4.79. The molecule has 1 aliphatic rings. The lowest BCUT2D eigenvalue weighted by molar-refractivity contribution is -0.139. The summed E-state index contributed by atoms with van der Waals surface area (Å²) in [5.41, 5.74) is 3.67.